The van der Waals surface area contributed by atoms with Crippen molar-refractivity contribution in [2.75, 3.05) is 0 Å². The number of aryl methyl sites for hydroxylation is 2. The highest BCUT2D eigenvalue weighted by molar-refractivity contribution is 5.13. The van der Waals surface area contributed by atoms with Crippen molar-refractivity contribution < 1.29 is 5.11 Å². The molecule has 2 rings (SSSR count). The first-order valence-corrected chi connectivity index (χ1v) is 7.20. The second kappa shape index (κ2) is 5.04. The van der Waals surface area contributed by atoms with Crippen molar-refractivity contribution in [2.45, 2.75) is 65.5 Å². The number of hydrogen-bond donors (Lipinski definition) is 1. The first kappa shape index (κ1) is 13.6. The van der Waals surface area contributed by atoms with Gasteiger partial charge < -0.3 is 5.11 Å². The predicted octanol–water partition coefficient (Wildman–Crippen LogP) is 2.94. The first-order valence-electron chi connectivity index (χ1n) is 7.20. The van der Waals surface area contributed by atoms with E-state index < -0.39 is 5.60 Å². The second-order valence-electron chi connectivity index (χ2n) is 6.16. The fourth-order valence-corrected chi connectivity index (χ4v) is 3.29. The molecule has 1 aromatic heterocycles. The standard InChI is InChI=1S/C15H26N2O/c1-5-17-14(8-13(4)16-17)10-15(18)9-11(2)6-7-12(15)3/h8,11-12,18H,5-7,9-10H2,1-4H3. The highest BCUT2D eigenvalue weighted by Crippen LogP contribution is 2.39. The van der Waals surface area contributed by atoms with Crippen LogP contribution >= 0.6 is 0 Å². The Bertz CT molecular complexity index is 413. The van der Waals surface area contributed by atoms with Gasteiger partial charge in [0.05, 0.1) is 11.3 Å². The SMILES string of the molecule is CCn1nc(C)cc1CC1(O)CC(C)CCC1C. The van der Waals surface area contributed by atoms with E-state index in [2.05, 4.69) is 31.9 Å². The van der Waals surface area contributed by atoms with E-state index in [0.717, 1.165) is 31.5 Å². The van der Waals surface area contributed by atoms with Crippen LogP contribution in [-0.2, 0) is 13.0 Å². The number of rotatable bonds is 3. The number of aliphatic hydroxyl groups is 1. The largest absolute Gasteiger partial charge is 0.389 e. The molecule has 0 radical (unpaired) electrons. The van der Waals surface area contributed by atoms with E-state index in [9.17, 15) is 5.11 Å². The molecular formula is C15H26N2O. The summed E-state index contributed by atoms with van der Waals surface area (Å²) < 4.78 is 2.03. The second-order valence-corrected chi connectivity index (χ2v) is 6.16. The van der Waals surface area contributed by atoms with Crippen LogP contribution in [0.15, 0.2) is 6.07 Å². The molecule has 102 valence electrons. The topological polar surface area (TPSA) is 38.0 Å². The van der Waals surface area contributed by atoms with Crippen LogP contribution in [0.2, 0.25) is 0 Å². The van der Waals surface area contributed by atoms with Crippen molar-refractivity contribution in [1.82, 2.24) is 9.78 Å². The normalized spacial score (nSPS) is 32.7. The maximum Gasteiger partial charge on any atom is 0.0730 e. The number of aromatic nitrogens is 2. The molecule has 0 aliphatic heterocycles. The Hall–Kier alpha value is -0.830. The zero-order valence-electron chi connectivity index (χ0n) is 12.1. The summed E-state index contributed by atoms with van der Waals surface area (Å²) in [5, 5.41) is 15.4. The van der Waals surface area contributed by atoms with Gasteiger partial charge in [0, 0.05) is 18.7 Å². The molecule has 3 atom stereocenters. The van der Waals surface area contributed by atoms with E-state index >= 15 is 0 Å². The summed E-state index contributed by atoms with van der Waals surface area (Å²) in [6.45, 7) is 9.44. The lowest BCUT2D eigenvalue weighted by Crippen LogP contribution is -2.44. The summed E-state index contributed by atoms with van der Waals surface area (Å²) in [5.41, 5.74) is 1.68. The van der Waals surface area contributed by atoms with Gasteiger partial charge in [-0.15, -0.1) is 0 Å². The molecule has 18 heavy (non-hydrogen) atoms. The fraction of sp³-hybridized carbons (Fsp3) is 0.800. The Morgan fingerprint density at radius 3 is 2.83 bits per heavy atom. The van der Waals surface area contributed by atoms with Crippen LogP contribution in [0, 0.1) is 18.8 Å². The number of nitrogens with zero attached hydrogens (tertiary/aromatic N) is 2. The Balaban J connectivity index is 2.20. The van der Waals surface area contributed by atoms with Crippen molar-refractivity contribution in [3.05, 3.63) is 17.5 Å². The van der Waals surface area contributed by atoms with Gasteiger partial charge in [-0.1, -0.05) is 20.3 Å². The monoisotopic (exact) mass is 250 g/mol. The summed E-state index contributed by atoms with van der Waals surface area (Å²) in [5.74, 6) is 1.01. The molecule has 1 saturated carbocycles. The van der Waals surface area contributed by atoms with E-state index in [-0.39, 0.29) is 0 Å². The van der Waals surface area contributed by atoms with Gasteiger partial charge in [-0.05, 0) is 44.6 Å². The van der Waals surface area contributed by atoms with Crippen LogP contribution in [0.1, 0.15) is 51.4 Å². The third-order valence-corrected chi connectivity index (χ3v) is 4.48. The Morgan fingerprint density at radius 2 is 2.17 bits per heavy atom. The zero-order valence-corrected chi connectivity index (χ0v) is 12.1. The van der Waals surface area contributed by atoms with Gasteiger partial charge in [0.15, 0.2) is 0 Å². The van der Waals surface area contributed by atoms with Gasteiger partial charge in [-0.2, -0.15) is 5.10 Å². The summed E-state index contributed by atoms with van der Waals surface area (Å²) >= 11 is 0. The molecule has 3 heteroatoms. The Kier molecular flexibility index (Phi) is 3.81. The predicted molar refractivity (Wildman–Crippen MR) is 73.5 cm³/mol. The summed E-state index contributed by atoms with van der Waals surface area (Å²) in [4.78, 5) is 0. The summed E-state index contributed by atoms with van der Waals surface area (Å²) in [6, 6.07) is 2.12. The lowest BCUT2D eigenvalue weighted by atomic mass is 9.70. The maximum absolute atomic E-state index is 11.0. The van der Waals surface area contributed by atoms with Crippen LogP contribution in [0.5, 0.6) is 0 Å². The lowest BCUT2D eigenvalue weighted by molar-refractivity contribution is -0.0573. The molecule has 1 aliphatic rings. The lowest BCUT2D eigenvalue weighted by Gasteiger charge is -2.41. The fourth-order valence-electron chi connectivity index (χ4n) is 3.29. The number of hydrogen-bond acceptors (Lipinski definition) is 2. The molecule has 1 fully saturated rings. The van der Waals surface area contributed by atoms with E-state index in [1.54, 1.807) is 0 Å². The Morgan fingerprint density at radius 1 is 1.44 bits per heavy atom. The average Bonchev–Trinajstić information content (AvgIpc) is 2.64. The minimum atomic E-state index is -0.545. The minimum Gasteiger partial charge on any atom is -0.389 e. The van der Waals surface area contributed by atoms with E-state index in [4.69, 9.17) is 0 Å². The molecule has 0 bridgehead atoms. The maximum atomic E-state index is 11.0. The molecule has 3 unspecified atom stereocenters. The van der Waals surface area contributed by atoms with Crippen LogP contribution in [-0.4, -0.2) is 20.5 Å². The molecule has 1 aromatic rings. The average molecular weight is 250 g/mol. The van der Waals surface area contributed by atoms with Crippen molar-refractivity contribution in [3.8, 4) is 0 Å². The molecule has 1 heterocycles. The van der Waals surface area contributed by atoms with E-state index in [1.165, 1.54) is 12.1 Å². The summed E-state index contributed by atoms with van der Waals surface area (Å²) in [7, 11) is 0. The van der Waals surface area contributed by atoms with Crippen molar-refractivity contribution >= 4 is 0 Å². The van der Waals surface area contributed by atoms with Gasteiger partial charge in [-0.25, -0.2) is 0 Å². The Labute approximate surface area is 110 Å². The van der Waals surface area contributed by atoms with Gasteiger partial charge >= 0.3 is 0 Å². The molecule has 0 spiro atoms. The van der Waals surface area contributed by atoms with Gasteiger partial charge in [0.25, 0.3) is 0 Å². The molecular weight excluding hydrogens is 224 g/mol. The van der Waals surface area contributed by atoms with Gasteiger partial charge in [0.1, 0.15) is 0 Å². The van der Waals surface area contributed by atoms with Crippen molar-refractivity contribution in [3.63, 3.8) is 0 Å². The quantitative estimate of drug-likeness (QED) is 0.895. The first-order chi connectivity index (χ1) is 8.44. The molecule has 1 aliphatic carbocycles. The molecule has 0 amide bonds. The molecule has 1 N–H and O–H groups in total. The molecule has 0 saturated heterocycles. The van der Waals surface area contributed by atoms with Crippen LogP contribution < -0.4 is 0 Å². The third-order valence-electron chi connectivity index (χ3n) is 4.48. The van der Waals surface area contributed by atoms with Crippen LogP contribution in [0.4, 0.5) is 0 Å². The van der Waals surface area contributed by atoms with Crippen molar-refractivity contribution in [1.29, 1.82) is 0 Å². The van der Waals surface area contributed by atoms with Gasteiger partial charge in [-0.3, -0.25) is 4.68 Å². The highest BCUT2D eigenvalue weighted by atomic mass is 16.3. The van der Waals surface area contributed by atoms with Gasteiger partial charge in [0.2, 0.25) is 0 Å². The van der Waals surface area contributed by atoms with Crippen LogP contribution in [0.25, 0.3) is 0 Å². The highest BCUT2D eigenvalue weighted by Gasteiger charge is 2.39. The third kappa shape index (κ3) is 2.61. The molecule has 3 nitrogen and oxygen atoms in total. The van der Waals surface area contributed by atoms with E-state index in [1.807, 2.05) is 11.6 Å². The summed E-state index contributed by atoms with van der Waals surface area (Å²) in [6.07, 6.45) is 4.04. The van der Waals surface area contributed by atoms with E-state index in [0.29, 0.717) is 11.8 Å². The van der Waals surface area contributed by atoms with Crippen LogP contribution in [0.3, 0.4) is 0 Å². The zero-order chi connectivity index (χ0) is 13.3. The van der Waals surface area contributed by atoms with Crippen molar-refractivity contribution in [2.24, 2.45) is 11.8 Å². The smallest absolute Gasteiger partial charge is 0.0730 e. The molecule has 0 aromatic carbocycles. The minimum absolute atomic E-state index is 0.384.